The summed E-state index contributed by atoms with van der Waals surface area (Å²) in [6.45, 7) is -0.268. The van der Waals surface area contributed by atoms with E-state index < -0.39 is 5.91 Å². The van der Waals surface area contributed by atoms with Gasteiger partial charge in [0, 0.05) is 5.69 Å². The van der Waals surface area contributed by atoms with Crippen molar-refractivity contribution in [2.75, 3.05) is 11.9 Å². The Bertz CT molecular complexity index is 612. The molecular formula is C15H14N2O3. The van der Waals surface area contributed by atoms with Gasteiger partial charge < -0.3 is 15.8 Å². The van der Waals surface area contributed by atoms with Gasteiger partial charge in [-0.05, 0) is 24.3 Å². The SMILES string of the molecule is NC(=O)COc1ccccc1C(=O)Nc1ccccc1. The van der Waals surface area contributed by atoms with E-state index in [4.69, 9.17) is 10.5 Å². The van der Waals surface area contributed by atoms with E-state index in [0.29, 0.717) is 17.0 Å². The number of benzene rings is 2. The highest BCUT2D eigenvalue weighted by atomic mass is 16.5. The minimum Gasteiger partial charge on any atom is -0.483 e. The highest BCUT2D eigenvalue weighted by molar-refractivity contribution is 6.06. The van der Waals surface area contributed by atoms with Gasteiger partial charge in [-0.15, -0.1) is 0 Å². The average molecular weight is 270 g/mol. The summed E-state index contributed by atoms with van der Waals surface area (Å²) in [6.07, 6.45) is 0. The van der Waals surface area contributed by atoms with Crippen molar-refractivity contribution in [1.29, 1.82) is 0 Å². The number of hydrogen-bond acceptors (Lipinski definition) is 3. The molecule has 0 saturated heterocycles. The molecule has 5 heteroatoms. The summed E-state index contributed by atoms with van der Waals surface area (Å²) in [4.78, 5) is 22.9. The molecule has 0 heterocycles. The fourth-order valence-corrected chi connectivity index (χ4v) is 1.65. The zero-order valence-electron chi connectivity index (χ0n) is 10.7. The molecule has 0 aliphatic carbocycles. The van der Waals surface area contributed by atoms with Crippen molar-refractivity contribution in [1.82, 2.24) is 0 Å². The monoisotopic (exact) mass is 270 g/mol. The van der Waals surface area contributed by atoms with Crippen molar-refractivity contribution >= 4 is 17.5 Å². The predicted octanol–water partition coefficient (Wildman–Crippen LogP) is 1.80. The Kier molecular flexibility index (Phi) is 4.34. The van der Waals surface area contributed by atoms with E-state index in [0.717, 1.165) is 0 Å². The van der Waals surface area contributed by atoms with Gasteiger partial charge in [0.15, 0.2) is 6.61 Å². The number of primary amides is 1. The largest absolute Gasteiger partial charge is 0.483 e. The third-order valence-corrected chi connectivity index (χ3v) is 2.53. The summed E-state index contributed by atoms with van der Waals surface area (Å²) in [5.74, 6) is -0.584. The third kappa shape index (κ3) is 3.58. The number of amides is 2. The van der Waals surface area contributed by atoms with Crippen LogP contribution in [0.25, 0.3) is 0 Å². The van der Waals surface area contributed by atoms with Crippen LogP contribution in [0.15, 0.2) is 54.6 Å². The molecular weight excluding hydrogens is 256 g/mol. The van der Waals surface area contributed by atoms with E-state index in [1.807, 2.05) is 18.2 Å². The van der Waals surface area contributed by atoms with Gasteiger partial charge in [0.05, 0.1) is 5.56 Å². The second kappa shape index (κ2) is 6.38. The summed E-state index contributed by atoms with van der Waals surface area (Å²) >= 11 is 0. The van der Waals surface area contributed by atoms with Crippen LogP contribution >= 0.6 is 0 Å². The number of carbonyl (C=O) groups is 2. The van der Waals surface area contributed by atoms with Crippen molar-refractivity contribution < 1.29 is 14.3 Å². The lowest BCUT2D eigenvalue weighted by Gasteiger charge is -2.10. The second-order valence-electron chi connectivity index (χ2n) is 4.07. The Labute approximate surface area is 116 Å². The van der Waals surface area contributed by atoms with Crippen molar-refractivity contribution in [3.8, 4) is 5.75 Å². The minimum absolute atomic E-state index is 0.268. The normalized spacial score (nSPS) is 9.80. The lowest BCUT2D eigenvalue weighted by molar-refractivity contribution is -0.119. The highest BCUT2D eigenvalue weighted by Gasteiger charge is 2.12. The van der Waals surface area contributed by atoms with E-state index in [9.17, 15) is 9.59 Å². The summed E-state index contributed by atoms with van der Waals surface area (Å²) in [5.41, 5.74) is 6.05. The van der Waals surface area contributed by atoms with Crippen LogP contribution in [0.5, 0.6) is 5.75 Å². The quantitative estimate of drug-likeness (QED) is 0.869. The van der Waals surface area contributed by atoms with Crippen LogP contribution in [-0.4, -0.2) is 18.4 Å². The first-order valence-electron chi connectivity index (χ1n) is 6.03. The summed E-state index contributed by atoms with van der Waals surface area (Å²) in [6, 6.07) is 15.7. The average Bonchev–Trinajstić information content (AvgIpc) is 2.46. The molecule has 2 aromatic carbocycles. The van der Waals surface area contributed by atoms with E-state index >= 15 is 0 Å². The maximum Gasteiger partial charge on any atom is 0.259 e. The fourth-order valence-electron chi connectivity index (χ4n) is 1.65. The molecule has 3 N–H and O–H groups in total. The lowest BCUT2D eigenvalue weighted by atomic mass is 10.2. The van der Waals surface area contributed by atoms with Crippen molar-refractivity contribution in [3.63, 3.8) is 0 Å². The van der Waals surface area contributed by atoms with Crippen molar-refractivity contribution in [3.05, 3.63) is 60.2 Å². The molecule has 0 spiro atoms. The number of nitrogens with two attached hydrogens (primary N) is 1. The first kappa shape index (κ1) is 13.6. The Morgan fingerprint density at radius 1 is 1.00 bits per heavy atom. The number of anilines is 1. The standard InChI is InChI=1S/C15H14N2O3/c16-14(18)10-20-13-9-5-4-8-12(13)15(19)17-11-6-2-1-3-7-11/h1-9H,10H2,(H2,16,18)(H,17,19). The van der Waals surface area contributed by atoms with E-state index in [2.05, 4.69) is 5.32 Å². The molecule has 0 aliphatic heterocycles. The van der Waals surface area contributed by atoms with Crippen molar-refractivity contribution in [2.45, 2.75) is 0 Å². The molecule has 2 rings (SSSR count). The van der Waals surface area contributed by atoms with Crippen LogP contribution < -0.4 is 15.8 Å². The summed E-state index contributed by atoms with van der Waals surface area (Å²) in [5, 5.41) is 2.75. The van der Waals surface area contributed by atoms with Crippen LogP contribution in [0, 0.1) is 0 Å². The molecule has 0 radical (unpaired) electrons. The third-order valence-electron chi connectivity index (χ3n) is 2.53. The van der Waals surface area contributed by atoms with Crippen LogP contribution in [0.4, 0.5) is 5.69 Å². The number of carbonyl (C=O) groups excluding carboxylic acids is 2. The molecule has 102 valence electrons. The molecule has 0 aromatic heterocycles. The van der Waals surface area contributed by atoms with Crippen LogP contribution in [0.1, 0.15) is 10.4 Å². The van der Waals surface area contributed by atoms with Crippen molar-refractivity contribution in [2.24, 2.45) is 5.73 Å². The van der Waals surface area contributed by atoms with Gasteiger partial charge in [-0.25, -0.2) is 0 Å². The van der Waals surface area contributed by atoms with E-state index in [-0.39, 0.29) is 12.5 Å². The molecule has 0 aliphatic rings. The molecule has 0 atom stereocenters. The van der Waals surface area contributed by atoms with E-state index in [1.54, 1.807) is 36.4 Å². The number of ether oxygens (including phenoxy) is 1. The first-order valence-corrected chi connectivity index (χ1v) is 6.03. The topological polar surface area (TPSA) is 81.4 Å². The number of para-hydroxylation sites is 2. The minimum atomic E-state index is -0.594. The lowest BCUT2D eigenvalue weighted by Crippen LogP contribution is -2.21. The zero-order valence-corrected chi connectivity index (χ0v) is 10.7. The Morgan fingerprint density at radius 2 is 1.65 bits per heavy atom. The Hall–Kier alpha value is -2.82. The zero-order chi connectivity index (χ0) is 14.4. The molecule has 5 nitrogen and oxygen atoms in total. The molecule has 0 bridgehead atoms. The summed E-state index contributed by atoms with van der Waals surface area (Å²) < 4.78 is 5.22. The van der Waals surface area contributed by atoms with Crippen LogP contribution in [-0.2, 0) is 4.79 Å². The fraction of sp³-hybridized carbons (Fsp3) is 0.0667. The van der Waals surface area contributed by atoms with Gasteiger partial charge in [-0.2, -0.15) is 0 Å². The maximum absolute atomic E-state index is 12.2. The maximum atomic E-state index is 12.2. The number of nitrogens with one attached hydrogen (secondary N) is 1. The van der Waals surface area contributed by atoms with Gasteiger partial charge in [0.1, 0.15) is 5.75 Å². The second-order valence-corrected chi connectivity index (χ2v) is 4.07. The number of rotatable bonds is 5. The Balaban J connectivity index is 2.15. The molecule has 0 saturated carbocycles. The number of hydrogen-bond donors (Lipinski definition) is 2. The smallest absolute Gasteiger partial charge is 0.259 e. The molecule has 20 heavy (non-hydrogen) atoms. The van der Waals surface area contributed by atoms with Gasteiger partial charge in [0.25, 0.3) is 11.8 Å². The molecule has 0 fully saturated rings. The predicted molar refractivity (Wildman–Crippen MR) is 75.5 cm³/mol. The molecule has 2 amide bonds. The van der Waals surface area contributed by atoms with Gasteiger partial charge in [0.2, 0.25) is 0 Å². The van der Waals surface area contributed by atoms with Gasteiger partial charge in [-0.3, -0.25) is 9.59 Å². The summed E-state index contributed by atoms with van der Waals surface area (Å²) in [7, 11) is 0. The Morgan fingerprint density at radius 3 is 2.35 bits per heavy atom. The first-order chi connectivity index (χ1) is 9.66. The van der Waals surface area contributed by atoms with Gasteiger partial charge in [-0.1, -0.05) is 30.3 Å². The molecule has 0 unspecified atom stereocenters. The van der Waals surface area contributed by atoms with Crippen LogP contribution in [0.3, 0.4) is 0 Å². The molecule has 2 aromatic rings. The highest BCUT2D eigenvalue weighted by Crippen LogP contribution is 2.19. The van der Waals surface area contributed by atoms with Gasteiger partial charge >= 0.3 is 0 Å². The van der Waals surface area contributed by atoms with E-state index in [1.165, 1.54) is 0 Å². The van der Waals surface area contributed by atoms with Crippen LogP contribution in [0.2, 0.25) is 0 Å².